The Kier molecular flexibility index (Phi) is 4.40. The van der Waals surface area contributed by atoms with Crippen molar-refractivity contribution in [2.24, 2.45) is 5.92 Å². The zero-order valence-electron chi connectivity index (χ0n) is 9.53. The van der Waals surface area contributed by atoms with Gasteiger partial charge in [-0.1, -0.05) is 0 Å². The molecule has 1 aromatic rings. The molecule has 0 aliphatic carbocycles. The molecule has 1 unspecified atom stereocenters. The minimum absolute atomic E-state index is 0.348. The van der Waals surface area contributed by atoms with E-state index >= 15 is 0 Å². The molecule has 1 nitrogen and oxygen atoms in total. The van der Waals surface area contributed by atoms with Gasteiger partial charge in [-0.2, -0.15) is 11.8 Å². The predicted octanol–water partition coefficient (Wildman–Crippen LogP) is 3.53. The molecule has 1 aliphatic rings. The highest BCUT2D eigenvalue weighted by Crippen LogP contribution is 2.31. The van der Waals surface area contributed by atoms with Crippen LogP contribution in [0.5, 0.6) is 0 Å². The van der Waals surface area contributed by atoms with E-state index < -0.39 is 17.7 Å². The normalized spacial score (nSPS) is 19.2. The van der Waals surface area contributed by atoms with Gasteiger partial charge in [-0.3, -0.25) is 0 Å². The summed E-state index contributed by atoms with van der Waals surface area (Å²) in [6, 6.07) is 3.25. The second-order valence-corrected chi connectivity index (χ2v) is 5.73. The second kappa shape index (κ2) is 5.83. The summed E-state index contributed by atoms with van der Waals surface area (Å²) in [5.41, 5.74) is 0.348. The molecule has 1 saturated heterocycles. The van der Waals surface area contributed by atoms with Gasteiger partial charge in [-0.05, 0) is 54.4 Å². The van der Waals surface area contributed by atoms with E-state index in [-0.39, 0.29) is 0 Å². The van der Waals surface area contributed by atoms with Gasteiger partial charge in [-0.15, -0.1) is 0 Å². The van der Waals surface area contributed by atoms with Crippen LogP contribution in [0.4, 0.5) is 8.78 Å². The number of halogens is 2. The zero-order valence-corrected chi connectivity index (χ0v) is 10.4. The van der Waals surface area contributed by atoms with Crippen molar-refractivity contribution in [3.63, 3.8) is 0 Å². The van der Waals surface area contributed by atoms with Crippen LogP contribution in [0, 0.1) is 17.6 Å². The van der Waals surface area contributed by atoms with Crippen LogP contribution < -0.4 is 0 Å². The first-order valence-corrected chi connectivity index (χ1v) is 7.02. The molecular weight excluding hydrogens is 242 g/mol. The molecule has 1 aliphatic heterocycles. The molecule has 1 heterocycles. The lowest BCUT2D eigenvalue weighted by molar-refractivity contribution is 0.140. The van der Waals surface area contributed by atoms with E-state index in [2.05, 4.69) is 0 Å². The molecule has 0 amide bonds. The first-order valence-electron chi connectivity index (χ1n) is 5.87. The fourth-order valence-corrected chi connectivity index (χ4v) is 3.41. The molecule has 1 atom stereocenters. The Morgan fingerprint density at radius 3 is 2.35 bits per heavy atom. The summed E-state index contributed by atoms with van der Waals surface area (Å²) in [6.45, 7) is 0. The first kappa shape index (κ1) is 12.8. The number of benzene rings is 1. The fraction of sp³-hybridized carbons (Fsp3) is 0.538. The number of aliphatic hydroxyl groups excluding tert-OH is 1. The summed E-state index contributed by atoms with van der Waals surface area (Å²) in [4.78, 5) is 0. The standard InChI is InChI=1S/C13H16F2OS/c14-11-6-10(7-12(15)8-11)13(16)5-9-1-3-17-4-2-9/h6-9,13,16H,1-5H2. The Morgan fingerprint density at radius 1 is 1.18 bits per heavy atom. The van der Waals surface area contributed by atoms with Crippen LogP contribution in [0.2, 0.25) is 0 Å². The lowest BCUT2D eigenvalue weighted by Gasteiger charge is -2.24. The third-order valence-electron chi connectivity index (χ3n) is 3.17. The smallest absolute Gasteiger partial charge is 0.126 e. The SMILES string of the molecule is OC(CC1CCSCC1)c1cc(F)cc(F)c1. The van der Waals surface area contributed by atoms with Gasteiger partial charge in [0.2, 0.25) is 0 Å². The summed E-state index contributed by atoms with van der Waals surface area (Å²) in [5.74, 6) is 1.46. The van der Waals surface area contributed by atoms with Crippen LogP contribution in [0.1, 0.15) is 30.9 Å². The highest BCUT2D eigenvalue weighted by atomic mass is 32.2. The Bertz CT molecular complexity index is 357. The number of hydrogen-bond donors (Lipinski definition) is 1. The van der Waals surface area contributed by atoms with Crippen LogP contribution in [0.15, 0.2) is 18.2 Å². The quantitative estimate of drug-likeness (QED) is 0.895. The minimum atomic E-state index is -0.756. The van der Waals surface area contributed by atoms with Crippen molar-refractivity contribution in [3.8, 4) is 0 Å². The van der Waals surface area contributed by atoms with Crippen molar-refractivity contribution in [1.29, 1.82) is 0 Å². The Morgan fingerprint density at radius 2 is 1.76 bits per heavy atom. The van der Waals surface area contributed by atoms with Crippen molar-refractivity contribution in [2.45, 2.75) is 25.4 Å². The molecule has 0 radical (unpaired) electrons. The van der Waals surface area contributed by atoms with Gasteiger partial charge >= 0.3 is 0 Å². The second-order valence-electron chi connectivity index (χ2n) is 4.51. The molecular formula is C13H16F2OS. The molecule has 2 rings (SSSR count). The third-order valence-corrected chi connectivity index (χ3v) is 4.22. The summed E-state index contributed by atoms with van der Waals surface area (Å²) < 4.78 is 26.0. The molecule has 0 bridgehead atoms. The molecule has 17 heavy (non-hydrogen) atoms. The molecule has 0 spiro atoms. The van der Waals surface area contributed by atoms with E-state index in [9.17, 15) is 13.9 Å². The monoisotopic (exact) mass is 258 g/mol. The van der Waals surface area contributed by atoms with Crippen molar-refractivity contribution in [2.75, 3.05) is 11.5 Å². The molecule has 0 aromatic heterocycles. The molecule has 1 N–H and O–H groups in total. The molecule has 1 aromatic carbocycles. The average molecular weight is 258 g/mol. The summed E-state index contributed by atoms with van der Waals surface area (Å²) in [6.07, 6.45) is 2.01. The van der Waals surface area contributed by atoms with Gasteiger partial charge in [0.15, 0.2) is 0 Å². The van der Waals surface area contributed by atoms with Gasteiger partial charge in [0, 0.05) is 6.07 Å². The average Bonchev–Trinajstić information content (AvgIpc) is 2.29. The van der Waals surface area contributed by atoms with Gasteiger partial charge < -0.3 is 5.11 Å². The van der Waals surface area contributed by atoms with Gasteiger partial charge in [-0.25, -0.2) is 8.78 Å². The summed E-state index contributed by atoms with van der Waals surface area (Å²) >= 11 is 1.92. The van der Waals surface area contributed by atoms with Crippen LogP contribution in [0.3, 0.4) is 0 Å². The molecule has 0 saturated carbocycles. The van der Waals surface area contributed by atoms with E-state index in [1.54, 1.807) is 0 Å². The highest BCUT2D eigenvalue weighted by Gasteiger charge is 2.19. The summed E-state index contributed by atoms with van der Waals surface area (Å²) in [7, 11) is 0. The topological polar surface area (TPSA) is 20.2 Å². The van der Waals surface area contributed by atoms with Crippen molar-refractivity contribution in [3.05, 3.63) is 35.4 Å². The molecule has 4 heteroatoms. The Balaban J connectivity index is 2.00. The lowest BCUT2D eigenvalue weighted by Crippen LogP contribution is -2.13. The van der Waals surface area contributed by atoms with Crippen LogP contribution in [-0.2, 0) is 0 Å². The maximum atomic E-state index is 13.0. The summed E-state index contributed by atoms with van der Waals surface area (Å²) in [5, 5.41) is 9.98. The lowest BCUT2D eigenvalue weighted by atomic mass is 9.92. The van der Waals surface area contributed by atoms with Gasteiger partial charge in [0.1, 0.15) is 11.6 Å². The number of thioether (sulfide) groups is 1. The first-order chi connectivity index (χ1) is 8.15. The zero-order chi connectivity index (χ0) is 12.3. The van der Waals surface area contributed by atoms with Crippen LogP contribution >= 0.6 is 11.8 Å². The molecule has 94 valence electrons. The number of aliphatic hydroxyl groups is 1. The van der Waals surface area contributed by atoms with Gasteiger partial charge in [0.05, 0.1) is 6.10 Å². The fourth-order valence-electron chi connectivity index (χ4n) is 2.20. The van der Waals surface area contributed by atoms with E-state index in [1.165, 1.54) is 12.1 Å². The minimum Gasteiger partial charge on any atom is -0.388 e. The number of rotatable bonds is 3. The highest BCUT2D eigenvalue weighted by molar-refractivity contribution is 7.99. The largest absolute Gasteiger partial charge is 0.388 e. The molecule has 1 fully saturated rings. The van der Waals surface area contributed by atoms with E-state index in [4.69, 9.17) is 0 Å². The maximum Gasteiger partial charge on any atom is 0.126 e. The maximum absolute atomic E-state index is 13.0. The van der Waals surface area contributed by atoms with E-state index in [1.807, 2.05) is 11.8 Å². The van der Waals surface area contributed by atoms with E-state index in [0.29, 0.717) is 17.9 Å². The van der Waals surface area contributed by atoms with Crippen molar-refractivity contribution < 1.29 is 13.9 Å². The Hall–Kier alpha value is -0.610. The third kappa shape index (κ3) is 3.68. The Labute approximate surface area is 104 Å². The number of hydrogen-bond acceptors (Lipinski definition) is 2. The van der Waals surface area contributed by atoms with E-state index in [0.717, 1.165) is 30.4 Å². The predicted molar refractivity (Wildman–Crippen MR) is 66.0 cm³/mol. The van der Waals surface area contributed by atoms with Crippen LogP contribution in [-0.4, -0.2) is 16.6 Å². The van der Waals surface area contributed by atoms with Crippen molar-refractivity contribution >= 4 is 11.8 Å². The van der Waals surface area contributed by atoms with Crippen LogP contribution in [0.25, 0.3) is 0 Å². The van der Waals surface area contributed by atoms with Crippen molar-refractivity contribution in [1.82, 2.24) is 0 Å². The van der Waals surface area contributed by atoms with Gasteiger partial charge in [0.25, 0.3) is 0 Å².